The Morgan fingerprint density at radius 1 is 1.54 bits per heavy atom. The maximum absolute atomic E-state index is 13.2. The first-order chi connectivity index (χ1) is 6.06. The fourth-order valence-electron chi connectivity index (χ4n) is 1.18. The van der Waals surface area contributed by atoms with Crippen LogP contribution in [-0.4, -0.2) is 17.9 Å². The molecule has 1 rings (SSSR count). The lowest BCUT2D eigenvalue weighted by molar-refractivity contribution is 0.0958. The number of carbonyl (C=O) groups excluding carboxylic acids is 1. The highest BCUT2D eigenvalue weighted by Crippen LogP contribution is 2.11. The molecule has 0 unspecified atom stereocenters. The number of nitrogens with one attached hydrogen (secondary N) is 1. The van der Waals surface area contributed by atoms with Crippen LogP contribution in [0.4, 0.5) is 4.39 Å². The van der Waals surface area contributed by atoms with Crippen molar-refractivity contribution in [3.63, 3.8) is 0 Å². The quantitative estimate of drug-likeness (QED) is 0.709. The third-order valence-corrected chi connectivity index (χ3v) is 1.73. The van der Waals surface area contributed by atoms with Gasteiger partial charge < -0.3 is 5.32 Å². The first-order valence-electron chi connectivity index (χ1n) is 3.92. The fraction of sp³-hybridized carbons (Fsp3) is 0.333. The summed E-state index contributed by atoms with van der Waals surface area (Å²) < 4.78 is 13.2. The highest BCUT2D eigenvalue weighted by molar-refractivity contribution is 5.95. The second-order valence-electron chi connectivity index (χ2n) is 2.78. The van der Waals surface area contributed by atoms with Gasteiger partial charge in [-0.05, 0) is 19.9 Å². The van der Waals surface area contributed by atoms with Crippen LogP contribution in [0.1, 0.15) is 21.7 Å². The molecule has 1 aromatic rings. The van der Waals surface area contributed by atoms with Gasteiger partial charge in [0.2, 0.25) is 0 Å². The number of aromatic nitrogens is 1. The van der Waals surface area contributed by atoms with Crippen molar-refractivity contribution in [2.45, 2.75) is 13.8 Å². The van der Waals surface area contributed by atoms with Crippen molar-refractivity contribution in [1.82, 2.24) is 10.3 Å². The minimum Gasteiger partial charge on any atom is -0.355 e. The summed E-state index contributed by atoms with van der Waals surface area (Å²) in [6, 6.07) is 1.25. The molecule has 70 valence electrons. The Morgan fingerprint density at radius 3 is 2.62 bits per heavy atom. The van der Waals surface area contributed by atoms with Crippen molar-refractivity contribution in [1.29, 1.82) is 0 Å². The third kappa shape index (κ3) is 1.83. The Labute approximate surface area is 76.0 Å². The predicted molar refractivity (Wildman–Crippen MR) is 47.1 cm³/mol. The normalized spacial score (nSPS) is 9.85. The number of nitrogens with zero attached hydrogens (tertiary/aromatic N) is 1. The smallest absolute Gasteiger partial charge is 0.255 e. The van der Waals surface area contributed by atoms with Crippen LogP contribution < -0.4 is 5.32 Å². The predicted octanol–water partition coefficient (Wildman–Crippen LogP) is 1.20. The van der Waals surface area contributed by atoms with Crippen molar-refractivity contribution in [3.05, 3.63) is 28.8 Å². The number of halogens is 1. The van der Waals surface area contributed by atoms with Crippen LogP contribution in [0, 0.1) is 19.7 Å². The first-order valence-corrected chi connectivity index (χ1v) is 3.92. The summed E-state index contributed by atoms with van der Waals surface area (Å²) >= 11 is 0. The van der Waals surface area contributed by atoms with E-state index in [9.17, 15) is 9.18 Å². The lowest BCUT2D eigenvalue weighted by Gasteiger charge is -2.05. The SMILES string of the molecule is CNC(=O)c1c(F)cc(C)nc1C. The molecule has 0 atom stereocenters. The second-order valence-corrected chi connectivity index (χ2v) is 2.78. The summed E-state index contributed by atoms with van der Waals surface area (Å²) in [5.74, 6) is -0.966. The highest BCUT2D eigenvalue weighted by atomic mass is 19.1. The summed E-state index contributed by atoms with van der Waals surface area (Å²) in [4.78, 5) is 15.2. The number of hydrogen-bond donors (Lipinski definition) is 1. The molecule has 13 heavy (non-hydrogen) atoms. The molecular weight excluding hydrogens is 171 g/mol. The molecule has 0 aliphatic rings. The molecule has 3 nitrogen and oxygen atoms in total. The third-order valence-electron chi connectivity index (χ3n) is 1.73. The lowest BCUT2D eigenvalue weighted by atomic mass is 10.1. The first kappa shape index (κ1) is 9.64. The van der Waals surface area contributed by atoms with E-state index in [4.69, 9.17) is 0 Å². The standard InChI is InChI=1S/C9H11FN2O/c1-5-4-7(10)8(6(2)12-5)9(13)11-3/h4H,1-3H3,(H,11,13). The number of amides is 1. The molecule has 1 heterocycles. The maximum atomic E-state index is 13.2. The van der Waals surface area contributed by atoms with Crippen LogP contribution in [-0.2, 0) is 0 Å². The second kappa shape index (κ2) is 3.51. The summed E-state index contributed by atoms with van der Waals surface area (Å²) in [6.45, 7) is 3.30. The van der Waals surface area contributed by atoms with Crippen LogP contribution in [0.25, 0.3) is 0 Å². The van der Waals surface area contributed by atoms with Gasteiger partial charge in [-0.2, -0.15) is 0 Å². The Kier molecular flexibility index (Phi) is 2.60. The molecule has 1 N–H and O–H groups in total. The highest BCUT2D eigenvalue weighted by Gasteiger charge is 2.14. The number of pyridine rings is 1. The average molecular weight is 182 g/mol. The van der Waals surface area contributed by atoms with Gasteiger partial charge in [-0.3, -0.25) is 9.78 Å². The monoisotopic (exact) mass is 182 g/mol. The van der Waals surface area contributed by atoms with Crippen LogP contribution in [0.2, 0.25) is 0 Å². The molecule has 0 radical (unpaired) electrons. The van der Waals surface area contributed by atoms with E-state index in [1.54, 1.807) is 13.8 Å². The van der Waals surface area contributed by atoms with Crippen LogP contribution in [0.3, 0.4) is 0 Å². The van der Waals surface area contributed by atoms with Crippen LogP contribution in [0.5, 0.6) is 0 Å². The lowest BCUT2D eigenvalue weighted by Crippen LogP contribution is -2.21. The van der Waals surface area contributed by atoms with Gasteiger partial charge in [0, 0.05) is 12.7 Å². The van der Waals surface area contributed by atoms with E-state index in [2.05, 4.69) is 10.3 Å². The molecule has 4 heteroatoms. The molecule has 0 saturated heterocycles. The van der Waals surface area contributed by atoms with E-state index in [0.29, 0.717) is 11.4 Å². The van der Waals surface area contributed by atoms with Crippen molar-refractivity contribution < 1.29 is 9.18 Å². The summed E-state index contributed by atoms with van der Waals surface area (Å²) in [5.41, 5.74) is 1.01. The molecule has 0 spiro atoms. The van der Waals surface area contributed by atoms with Crippen LogP contribution in [0.15, 0.2) is 6.07 Å². The molecule has 0 aliphatic heterocycles. The van der Waals surface area contributed by atoms with Gasteiger partial charge in [0.05, 0.1) is 11.3 Å². The van der Waals surface area contributed by atoms with E-state index >= 15 is 0 Å². The van der Waals surface area contributed by atoms with Crippen LogP contribution >= 0.6 is 0 Å². The molecule has 0 saturated carbocycles. The van der Waals surface area contributed by atoms with Gasteiger partial charge in [-0.25, -0.2) is 4.39 Å². The van der Waals surface area contributed by atoms with Crippen molar-refractivity contribution in [2.75, 3.05) is 7.05 Å². The zero-order valence-corrected chi connectivity index (χ0v) is 7.81. The molecule has 0 bridgehead atoms. The van der Waals surface area contributed by atoms with E-state index in [-0.39, 0.29) is 5.56 Å². The van der Waals surface area contributed by atoms with Crippen molar-refractivity contribution >= 4 is 5.91 Å². The Morgan fingerprint density at radius 2 is 2.15 bits per heavy atom. The van der Waals surface area contributed by atoms with E-state index in [1.807, 2.05) is 0 Å². The molecule has 0 aromatic carbocycles. The summed E-state index contributed by atoms with van der Waals surface area (Å²) in [7, 11) is 1.46. The molecule has 0 aliphatic carbocycles. The van der Waals surface area contributed by atoms with Crippen molar-refractivity contribution in [3.8, 4) is 0 Å². The average Bonchev–Trinajstić information content (AvgIpc) is 2.02. The molecular formula is C9H11FN2O. The number of rotatable bonds is 1. The fourth-order valence-corrected chi connectivity index (χ4v) is 1.18. The Bertz CT molecular complexity index is 326. The van der Waals surface area contributed by atoms with E-state index in [0.717, 1.165) is 0 Å². The number of aryl methyl sites for hydroxylation is 2. The largest absolute Gasteiger partial charge is 0.355 e. The Hall–Kier alpha value is -1.45. The van der Waals surface area contributed by atoms with E-state index < -0.39 is 11.7 Å². The van der Waals surface area contributed by atoms with Gasteiger partial charge in [0.25, 0.3) is 5.91 Å². The zero-order chi connectivity index (χ0) is 10.0. The Balaban J connectivity index is 3.28. The minimum absolute atomic E-state index is 0.0214. The molecule has 1 amide bonds. The minimum atomic E-state index is -0.524. The maximum Gasteiger partial charge on any atom is 0.255 e. The van der Waals surface area contributed by atoms with Gasteiger partial charge >= 0.3 is 0 Å². The summed E-state index contributed by atoms with van der Waals surface area (Å²) in [5, 5.41) is 2.36. The molecule has 0 fully saturated rings. The number of carbonyl (C=O) groups is 1. The molecule has 1 aromatic heterocycles. The number of hydrogen-bond acceptors (Lipinski definition) is 2. The van der Waals surface area contributed by atoms with Gasteiger partial charge in [-0.15, -0.1) is 0 Å². The van der Waals surface area contributed by atoms with Gasteiger partial charge in [0.1, 0.15) is 5.82 Å². The van der Waals surface area contributed by atoms with Gasteiger partial charge in [0.15, 0.2) is 0 Å². The topological polar surface area (TPSA) is 42.0 Å². The van der Waals surface area contributed by atoms with E-state index in [1.165, 1.54) is 13.1 Å². The van der Waals surface area contributed by atoms with Crippen molar-refractivity contribution in [2.24, 2.45) is 0 Å². The summed E-state index contributed by atoms with van der Waals surface area (Å²) in [6.07, 6.45) is 0. The zero-order valence-electron chi connectivity index (χ0n) is 7.81. The van der Waals surface area contributed by atoms with Gasteiger partial charge in [-0.1, -0.05) is 0 Å².